The Kier molecular flexibility index (Phi) is 5.50. The van der Waals surface area contributed by atoms with Gasteiger partial charge in [0.15, 0.2) is 5.60 Å². The number of carbonyl (C=O) groups is 1. The first-order valence-electron chi connectivity index (χ1n) is 9.28. The lowest BCUT2D eigenvalue weighted by Gasteiger charge is -2.32. The normalized spacial score (nSPS) is 20.4. The van der Waals surface area contributed by atoms with Crippen molar-refractivity contribution in [3.63, 3.8) is 0 Å². The molecule has 0 bridgehead atoms. The third kappa shape index (κ3) is 4.57. The summed E-state index contributed by atoms with van der Waals surface area (Å²) in [5, 5.41) is 12.6. The number of hydrogen-bond donors (Lipinski definition) is 2. The first-order valence-corrected chi connectivity index (χ1v) is 9.28. The molecule has 1 aliphatic rings. The monoisotopic (exact) mass is 353 g/mol. The van der Waals surface area contributed by atoms with Crippen LogP contribution >= 0.6 is 0 Å². The zero-order valence-electron chi connectivity index (χ0n) is 15.4. The summed E-state index contributed by atoms with van der Waals surface area (Å²) in [5.74, 6) is 1.42. The molecule has 2 N–H and O–H groups in total. The quantitative estimate of drug-likeness (QED) is 0.838. The van der Waals surface area contributed by atoms with E-state index in [2.05, 4.69) is 5.32 Å². The largest absolute Gasteiger partial charge is 0.508 e. The molecule has 0 saturated heterocycles. The maximum absolute atomic E-state index is 12.7. The minimum Gasteiger partial charge on any atom is -0.508 e. The smallest absolute Gasteiger partial charge is 0.263 e. The number of benzene rings is 2. The molecule has 0 unspecified atom stereocenters. The molecule has 1 saturated carbocycles. The van der Waals surface area contributed by atoms with Gasteiger partial charge in [0.25, 0.3) is 5.91 Å². The van der Waals surface area contributed by atoms with Gasteiger partial charge in [-0.2, -0.15) is 0 Å². The molecule has 3 rings (SSSR count). The van der Waals surface area contributed by atoms with Gasteiger partial charge >= 0.3 is 0 Å². The van der Waals surface area contributed by atoms with Crippen molar-refractivity contribution in [2.75, 3.05) is 0 Å². The number of carbonyl (C=O) groups excluding carboxylic acids is 1. The van der Waals surface area contributed by atoms with Crippen molar-refractivity contribution in [3.8, 4) is 11.5 Å². The summed E-state index contributed by atoms with van der Waals surface area (Å²) in [7, 11) is 0. The number of phenolic OH excluding ortho intramolecular Hbond substituents is 1. The topological polar surface area (TPSA) is 58.6 Å². The number of nitrogens with one attached hydrogen (secondary N) is 1. The van der Waals surface area contributed by atoms with Gasteiger partial charge in [0.05, 0.1) is 0 Å². The molecule has 2 aromatic rings. The molecular formula is C22H27NO3. The second kappa shape index (κ2) is 7.81. The molecular weight excluding hydrogens is 326 g/mol. The number of aromatic hydroxyl groups is 1. The van der Waals surface area contributed by atoms with Crippen LogP contribution in [0.25, 0.3) is 0 Å². The highest BCUT2D eigenvalue weighted by Crippen LogP contribution is 2.33. The predicted octanol–water partition coefficient (Wildman–Crippen LogP) is 4.39. The number of rotatable bonds is 5. The molecule has 138 valence electrons. The van der Waals surface area contributed by atoms with E-state index in [1.807, 2.05) is 42.5 Å². The van der Waals surface area contributed by atoms with Gasteiger partial charge in [-0.1, -0.05) is 30.3 Å². The highest BCUT2D eigenvalue weighted by Gasteiger charge is 2.33. The van der Waals surface area contributed by atoms with E-state index in [9.17, 15) is 9.90 Å². The Hall–Kier alpha value is -2.49. The third-order valence-electron chi connectivity index (χ3n) is 5.09. The van der Waals surface area contributed by atoms with Crippen LogP contribution in [0.1, 0.15) is 51.0 Å². The minimum atomic E-state index is -0.908. The third-order valence-corrected chi connectivity index (χ3v) is 5.09. The van der Waals surface area contributed by atoms with Crippen LogP contribution in [-0.2, 0) is 4.79 Å². The van der Waals surface area contributed by atoms with Crippen LogP contribution in [-0.4, -0.2) is 22.7 Å². The lowest BCUT2D eigenvalue weighted by Crippen LogP contribution is -2.50. The van der Waals surface area contributed by atoms with Crippen LogP contribution in [0, 0.1) is 0 Å². The Morgan fingerprint density at radius 2 is 1.62 bits per heavy atom. The molecule has 0 aliphatic heterocycles. The van der Waals surface area contributed by atoms with Gasteiger partial charge < -0.3 is 15.2 Å². The molecule has 1 fully saturated rings. The van der Waals surface area contributed by atoms with E-state index < -0.39 is 5.60 Å². The van der Waals surface area contributed by atoms with E-state index in [0.717, 1.165) is 25.7 Å². The van der Waals surface area contributed by atoms with Crippen molar-refractivity contribution >= 4 is 5.91 Å². The van der Waals surface area contributed by atoms with E-state index in [1.165, 1.54) is 5.56 Å². The first-order chi connectivity index (χ1) is 12.4. The first kappa shape index (κ1) is 18.3. The summed E-state index contributed by atoms with van der Waals surface area (Å²) < 4.78 is 5.87. The Morgan fingerprint density at radius 1 is 1.00 bits per heavy atom. The number of para-hydroxylation sites is 1. The standard InChI is InChI=1S/C22H27NO3/c1-22(2,26-20-6-4-3-5-7-20)21(25)23-18-12-8-16(9-13-18)17-10-14-19(24)15-11-17/h3-7,10-11,14-16,18,24H,8-9,12-13H2,1-2H3,(H,23,25)/t16-,18-. The number of amides is 1. The Morgan fingerprint density at radius 3 is 2.23 bits per heavy atom. The molecule has 1 aliphatic carbocycles. The van der Waals surface area contributed by atoms with Crippen LogP contribution in [0.4, 0.5) is 0 Å². The van der Waals surface area contributed by atoms with Crippen LogP contribution in [0.15, 0.2) is 54.6 Å². The fraction of sp³-hybridized carbons (Fsp3) is 0.409. The molecule has 0 radical (unpaired) electrons. The summed E-state index contributed by atoms with van der Waals surface area (Å²) >= 11 is 0. The van der Waals surface area contributed by atoms with Crippen LogP contribution in [0.2, 0.25) is 0 Å². The average Bonchev–Trinajstić information content (AvgIpc) is 2.63. The fourth-order valence-electron chi connectivity index (χ4n) is 3.51. The summed E-state index contributed by atoms with van der Waals surface area (Å²) in [4.78, 5) is 12.7. The van der Waals surface area contributed by atoms with Gasteiger partial charge in [0, 0.05) is 6.04 Å². The Balaban J connectivity index is 1.52. The van der Waals surface area contributed by atoms with E-state index in [-0.39, 0.29) is 11.9 Å². The van der Waals surface area contributed by atoms with Gasteiger partial charge in [-0.05, 0) is 75.3 Å². The van der Waals surface area contributed by atoms with Crippen LogP contribution in [0.3, 0.4) is 0 Å². The van der Waals surface area contributed by atoms with E-state index in [4.69, 9.17) is 4.74 Å². The van der Waals surface area contributed by atoms with Crippen molar-refractivity contribution in [3.05, 3.63) is 60.2 Å². The molecule has 0 atom stereocenters. The highest BCUT2D eigenvalue weighted by atomic mass is 16.5. The van der Waals surface area contributed by atoms with Crippen molar-refractivity contribution in [2.45, 2.75) is 57.1 Å². The lowest BCUT2D eigenvalue weighted by atomic mass is 9.81. The van der Waals surface area contributed by atoms with Gasteiger partial charge in [-0.15, -0.1) is 0 Å². The van der Waals surface area contributed by atoms with E-state index >= 15 is 0 Å². The summed E-state index contributed by atoms with van der Waals surface area (Å²) in [6, 6.07) is 17.1. The molecule has 0 heterocycles. The van der Waals surface area contributed by atoms with Gasteiger partial charge in [-0.25, -0.2) is 0 Å². The van der Waals surface area contributed by atoms with Gasteiger partial charge in [0.1, 0.15) is 11.5 Å². The molecule has 26 heavy (non-hydrogen) atoms. The maximum Gasteiger partial charge on any atom is 0.263 e. The second-order valence-corrected chi connectivity index (χ2v) is 7.54. The minimum absolute atomic E-state index is 0.0746. The van der Waals surface area contributed by atoms with Gasteiger partial charge in [0.2, 0.25) is 0 Å². The summed E-state index contributed by atoms with van der Waals surface area (Å²) in [6.45, 7) is 3.61. The Labute approximate surface area is 155 Å². The van der Waals surface area contributed by atoms with Crippen molar-refractivity contribution in [1.82, 2.24) is 5.32 Å². The maximum atomic E-state index is 12.7. The van der Waals surface area contributed by atoms with E-state index in [1.54, 1.807) is 26.0 Å². The molecule has 4 nitrogen and oxygen atoms in total. The molecule has 0 spiro atoms. The summed E-state index contributed by atoms with van der Waals surface area (Å²) in [5.41, 5.74) is 0.357. The van der Waals surface area contributed by atoms with Crippen LogP contribution < -0.4 is 10.1 Å². The lowest BCUT2D eigenvalue weighted by molar-refractivity contribution is -0.135. The Bertz CT molecular complexity index is 717. The molecule has 2 aromatic carbocycles. The highest BCUT2D eigenvalue weighted by molar-refractivity contribution is 5.85. The molecule has 0 aromatic heterocycles. The van der Waals surface area contributed by atoms with E-state index in [0.29, 0.717) is 17.4 Å². The second-order valence-electron chi connectivity index (χ2n) is 7.54. The zero-order valence-corrected chi connectivity index (χ0v) is 15.4. The van der Waals surface area contributed by atoms with Gasteiger partial charge in [-0.3, -0.25) is 4.79 Å². The number of phenols is 1. The number of hydrogen-bond acceptors (Lipinski definition) is 3. The predicted molar refractivity (Wildman–Crippen MR) is 102 cm³/mol. The summed E-state index contributed by atoms with van der Waals surface area (Å²) in [6.07, 6.45) is 3.99. The zero-order chi connectivity index (χ0) is 18.6. The number of ether oxygens (including phenoxy) is 1. The fourth-order valence-corrected chi connectivity index (χ4v) is 3.51. The van der Waals surface area contributed by atoms with Crippen LogP contribution in [0.5, 0.6) is 11.5 Å². The average molecular weight is 353 g/mol. The van der Waals surface area contributed by atoms with Crippen molar-refractivity contribution < 1.29 is 14.6 Å². The van der Waals surface area contributed by atoms with Crippen molar-refractivity contribution in [2.24, 2.45) is 0 Å². The molecule has 4 heteroatoms. The molecule has 1 amide bonds. The van der Waals surface area contributed by atoms with Crippen molar-refractivity contribution in [1.29, 1.82) is 0 Å². The SMILES string of the molecule is CC(C)(Oc1ccccc1)C(=O)N[C@H]1CC[C@H](c2ccc(O)cc2)CC1.